The first-order chi connectivity index (χ1) is 9.50. The third-order valence-corrected chi connectivity index (χ3v) is 4.62. The number of amides is 2. The van der Waals surface area contributed by atoms with Crippen LogP contribution >= 0.6 is 0 Å². The minimum absolute atomic E-state index is 0.0660. The highest BCUT2D eigenvalue weighted by Gasteiger charge is 2.51. The van der Waals surface area contributed by atoms with E-state index in [9.17, 15) is 9.59 Å². The molecule has 1 atom stereocenters. The smallest absolute Gasteiger partial charge is 0.249 e. The lowest BCUT2D eigenvalue weighted by molar-refractivity contribution is -0.155. The van der Waals surface area contributed by atoms with Crippen molar-refractivity contribution in [3.8, 4) is 0 Å². The van der Waals surface area contributed by atoms with Gasteiger partial charge in [0.2, 0.25) is 11.8 Å². The average Bonchev–Trinajstić information content (AvgIpc) is 2.85. The number of carbonyl (C=O) groups is 2. The van der Waals surface area contributed by atoms with E-state index in [-0.39, 0.29) is 17.9 Å². The maximum atomic E-state index is 12.9. The Kier molecular flexibility index (Phi) is 4.71. The van der Waals surface area contributed by atoms with Gasteiger partial charge in [-0.05, 0) is 31.6 Å². The minimum atomic E-state index is -0.571. The SMILES string of the molecule is CCCCN1C(=O)C2(CCCC2)NC(=O)C1CC(C)C. The van der Waals surface area contributed by atoms with Crippen LogP contribution in [-0.4, -0.2) is 34.8 Å². The fourth-order valence-corrected chi connectivity index (χ4v) is 3.51. The number of unbranched alkanes of at least 4 members (excludes halogenated alkanes) is 1. The van der Waals surface area contributed by atoms with Gasteiger partial charge in [0.15, 0.2) is 0 Å². The van der Waals surface area contributed by atoms with Crippen LogP contribution in [0.5, 0.6) is 0 Å². The molecule has 2 amide bonds. The number of rotatable bonds is 5. The molecule has 20 heavy (non-hydrogen) atoms. The summed E-state index contributed by atoms with van der Waals surface area (Å²) >= 11 is 0. The summed E-state index contributed by atoms with van der Waals surface area (Å²) in [5, 5.41) is 3.07. The van der Waals surface area contributed by atoms with Crippen LogP contribution in [0, 0.1) is 5.92 Å². The van der Waals surface area contributed by atoms with Gasteiger partial charge in [0.1, 0.15) is 11.6 Å². The van der Waals surface area contributed by atoms with E-state index in [1.165, 1.54) is 0 Å². The quantitative estimate of drug-likeness (QED) is 0.841. The summed E-state index contributed by atoms with van der Waals surface area (Å²) in [7, 11) is 0. The van der Waals surface area contributed by atoms with Crippen molar-refractivity contribution in [2.75, 3.05) is 6.54 Å². The molecule has 2 rings (SSSR count). The molecule has 2 fully saturated rings. The molecule has 1 unspecified atom stereocenters. The minimum Gasteiger partial charge on any atom is -0.340 e. The Morgan fingerprint density at radius 2 is 1.95 bits per heavy atom. The van der Waals surface area contributed by atoms with Gasteiger partial charge in [-0.2, -0.15) is 0 Å². The normalized spacial score (nSPS) is 25.6. The van der Waals surface area contributed by atoms with Crippen molar-refractivity contribution >= 4 is 11.8 Å². The zero-order chi connectivity index (χ0) is 14.8. The Morgan fingerprint density at radius 1 is 1.30 bits per heavy atom. The molecule has 4 nitrogen and oxygen atoms in total. The van der Waals surface area contributed by atoms with Gasteiger partial charge in [-0.1, -0.05) is 40.0 Å². The van der Waals surface area contributed by atoms with Crippen LogP contribution in [-0.2, 0) is 9.59 Å². The Morgan fingerprint density at radius 3 is 2.50 bits per heavy atom. The van der Waals surface area contributed by atoms with Crippen molar-refractivity contribution < 1.29 is 9.59 Å². The number of nitrogens with one attached hydrogen (secondary N) is 1. The van der Waals surface area contributed by atoms with Crippen molar-refractivity contribution in [1.82, 2.24) is 10.2 Å². The van der Waals surface area contributed by atoms with E-state index < -0.39 is 5.54 Å². The Hall–Kier alpha value is -1.06. The number of hydrogen-bond donors (Lipinski definition) is 1. The molecule has 1 saturated carbocycles. The summed E-state index contributed by atoms with van der Waals surface area (Å²) in [6.07, 6.45) is 6.50. The van der Waals surface area contributed by atoms with Gasteiger partial charge in [-0.3, -0.25) is 9.59 Å². The van der Waals surface area contributed by atoms with Crippen molar-refractivity contribution in [3.05, 3.63) is 0 Å². The molecule has 2 aliphatic rings. The van der Waals surface area contributed by atoms with E-state index in [1.807, 2.05) is 4.90 Å². The van der Waals surface area contributed by atoms with Crippen molar-refractivity contribution in [1.29, 1.82) is 0 Å². The molecule has 0 aromatic carbocycles. The molecule has 0 radical (unpaired) electrons. The molecule has 4 heteroatoms. The number of nitrogens with zero attached hydrogens (tertiary/aromatic N) is 1. The fourth-order valence-electron chi connectivity index (χ4n) is 3.51. The molecule has 0 aromatic heterocycles. The summed E-state index contributed by atoms with van der Waals surface area (Å²) < 4.78 is 0. The maximum absolute atomic E-state index is 12.9. The average molecular weight is 280 g/mol. The Bertz CT molecular complexity index is 373. The predicted octanol–water partition coefficient (Wildman–Crippen LogP) is 2.47. The molecule has 1 N–H and O–H groups in total. The van der Waals surface area contributed by atoms with Gasteiger partial charge in [-0.15, -0.1) is 0 Å². The van der Waals surface area contributed by atoms with E-state index in [2.05, 4.69) is 26.1 Å². The van der Waals surface area contributed by atoms with Gasteiger partial charge < -0.3 is 10.2 Å². The Labute approximate surface area is 122 Å². The van der Waals surface area contributed by atoms with Gasteiger partial charge in [0.05, 0.1) is 0 Å². The van der Waals surface area contributed by atoms with Crippen LogP contribution in [0.15, 0.2) is 0 Å². The van der Waals surface area contributed by atoms with Gasteiger partial charge in [0, 0.05) is 6.54 Å². The monoisotopic (exact) mass is 280 g/mol. The van der Waals surface area contributed by atoms with Crippen LogP contribution in [0.4, 0.5) is 0 Å². The first-order valence-electron chi connectivity index (χ1n) is 8.13. The van der Waals surface area contributed by atoms with Crippen LogP contribution in [0.2, 0.25) is 0 Å². The lowest BCUT2D eigenvalue weighted by Crippen LogP contribution is -2.69. The van der Waals surface area contributed by atoms with Gasteiger partial charge >= 0.3 is 0 Å². The van der Waals surface area contributed by atoms with Crippen molar-refractivity contribution in [2.45, 2.75) is 77.3 Å². The summed E-state index contributed by atoms with van der Waals surface area (Å²) in [5.41, 5.74) is -0.571. The van der Waals surface area contributed by atoms with Crippen LogP contribution in [0.25, 0.3) is 0 Å². The molecule has 1 aliphatic heterocycles. The van der Waals surface area contributed by atoms with Crippen molar-refractivity contribution in [2.24, 2.45) is 5.92 Å². The van der Waals surface area contributed by atoms with E-state index in [0.29, 0.717) is 5.92 Å². The standard InChI is InChI=1S/C16H28N2O2/c1-4-5-10-18-13(11-12(2)3)14(19)17-16(15(18)20)8-6-7-9-16/h12-13H,4-11H2,1-3H3,(H,17,19). The Balaban J connectivity index is 2.21. The summed E-state index contributed by atoms with van der Waals surface area (Å²) in [6.45, 7) is 7.06. The van der Waals surface area contributed by atoms with Crippen LogP contribution < -0.4 is 5.32 Å². The molecule has 1 spiro atoms. The zero-order valence-corrected chi connectivity index (χ0v) is 13.1. The summed E-state index contributed by atoms with van der Waals surface area (Å²) in [6, 6.07) is -0.264. The lowest BCUT2D eigenvalue weighted by atomic mass is 9.88. The largest absolute Gasteiger partial charge is 0.340 e. The fraction of sp³-hybridized carbons (Fsp3) is 0.875. The molecular formula is C16H28N2O2. The molecule has 1 aliphatic carbocycles. The lowest BCUT2D eigenvalue weighted by Gasteiger charge is -2.45. The van der Waals surface area contributed by atoms with Gasteiger partial charge in [0.25, 0.3) is 0 Å². The van der Waals surface area contributed by atoms with Crippen LogP contribution in [0.3, 0.4) is 0 Å². The van der Waals surface area contributed by atoms with Crippen molar-refractivity contribution in [3.63, 3.8) is 0 Å². The highest BCUT2D eigenvalue weighted by molar-refractivity contribution is 6.00. The second-order valence-corrected chi connectivity index (χ2v) is 6.78. The topological polar surface area (TPSA) is 49.4 Å². The first kappa shape index (κ1) is 15.3. The van der Waals surface area contributed by atoms with E-state index >= 15 is 0 Å². The van der Waals surface area contributed by atoms with E-state index in [1.54, 1.807) is 0 Å². The number of piperazine rings is 1. The molecule has 0 aromatic rings. The third kappa shape index (κ3) is 2.84. The second kappa shape index (κ2) is 6.15. The molecule has 114 valence electrons. The van der Waals surface area contributed by atoms with E-state index in [4.69, 9.17) is 0 Å². The first-order valence-corrected chi connectivity index (χ1v) is 8.13. The number of carbonyl (C=O) groups excluding carboxylic acids is 2. The zero-order valence-electron chi connectivity index (χ0n) is 13.1. The maximum Gasteiger partial charge on any atom is 0.249 e. The summed E-state index contributed by atoms with van der Waals surface area (Å²) in [5.74, 6) is 0.658. The van der Waals surface area contributed by atoms with Gasteiger partial charge in [-0.25, -0.2) is 0 Å². The highest BCUT2D eigenvalue weighted by Crippen LogP contribution is 2.35. The predicted molar refractivity (Wildman–Crippen MR) is 79.2 cm³/mol. The van der Waals surface area contributed by atoms with Crippen LogP contribution in [0.1, 0.15) is 65.7 Å². The molecule has 1 saturated heterocycles. The molecule has 1 heterocycles. The third-order valence-electron chi connectivity index (χ3n) is 4.62. The molecular weight excluding hydrogens is 252 g/mol. The molecule has 0 bridgehead atoms. The highest BCUT2D eigenvalue weighted by atomic mass is 16.2. The number of hydrogen-bond acceptors (Lipinski definition) is 2. The second-order valence-electron chi connectivity index (χ2n) is 6.78. The summed E-state index contributed by atoms with van der Waals surface area (Å²) in [4.78, 5) is 27.3. The van der Waals surface area contributed by atoms with E-state index in [0.717, 1.165) is 51.5 Å².